The molecule has 0 fully saturated rings. The second-order valence-electron chi connectivity index (χ2n) is 6.19. The van der Waals surface area contributed by atoms with Gasteiger partial charge in [-0.05, 0) is 42.0 Å². The molecule has 1 heterocycles. The number of esters is 1. The predicted molar refractivity (Wildman–Crippen MR) is 97.9 cm³/mol. The van der Waals surface area contributed by atoms with Crippen LogP contribution >= 0.6 is 0 Å². The molecule has 0 radical (unpaired) electrons. The highest BCUT2D eigenvalue weighted by molar-refractivity contribution is 5.89. The molecule has 2 aromatic carbocycles. The topological polar surface area (TPSA) is 69.5 Å². The molecule has 11 heteroatoms. The molecule has 0 amide bonds. The molecule has 7 nitrogen and oxygen atoms in total. The Bertz CT molecular complexity index is 1040. The maximum absolute atomic E-state index is 14.1. The number of hydrogen-bond acceptors (Lipinski definition) is 6. The molecule has 30 heavy (non-hydrogen) atoms. The van der Waals surface area contributed by atoms with Gasteiger partial charge in [0.2, 0.25) is 5.95 Å². The third kappa shape index (κ3) is 5.04. The molecule has 0 aliphatic rings. The number of benzene rings is 2. The van der Waals surface area contributed by atoms with Gasteiger partial charge in [-0.1, -0.05) is 6.07 Å². The number of aromatic nitrogens is 3. The Kier molecular flexibility index (Phi) is 5.90. The number of carbonyl (C=O) groups excluding carboxylic acids is 1. The molecule has 0 bridgehead atoms. The molecule has 0 saturated carbocycles. The number of carbonyl (C=O) groups is 1. The highest BCUT2D eigenvalue weighted by Crippen LogP contribution is 2.24. The van der Waals surface area contributed by atoms with Gasteiger partial charge in [-0.25, -0.2) is 13.9 Å². The van der Waals surface area contributed by atoms with Gasteiger partial charge < -0.3 is 14.4 Å². The van der Waals surface area contributed by atoms with E-state index in [9.17, 15) is 22.4 Å². The van der Waals surface area contributed by atoms with Crippen molar-refractivity contribution in [2.24, 2.45) is 0 Å². The van der Waals surface area contributed by atoms with Crippen LogP contribution in [0.25, 0.3) is 5.69 Å². The molecule has 3 aromatic rings. The van der Waals surface area contributed by atoms with Gasteiger partial charge >= 0.3 is 12.3 Å². The van der Waals surface area contributed by atoms with E-state index in [1.165, 1.54) is 54.5 Å². The van der Waals surface area contributed by atoms with E-state index in [4.69, 9.17) is 0 Å². The number of hydrogen-bond donors (Lipinski definition) is 0. The molecule has 0 aliphatic heterocycles. The summed E-state index contributed by atoms with van der Waals surface area (Å²) in [4.78, 5) is 17.3. The number of ether oxygens (including phenoxy) is 2. The van der Waals surface area contributed by atoms with Crippen molar-refractivity contribution in [1.82, 2.24) is 14.8 Å². The number of alkyl halides is 3. The number of halogens is 4. The SMILES string of the molecule is COC(=O)c1ccc(CN(C)c2ncn(-c3ccc(OC(F)(F)F)cc3)n2)cc1F. The Balaban J connectivity index is 1.70. The van der Waals surface area contributed by atoms with Crippen LogP contribution in [0.4, 0.5) is 23.5 Å². The van der Waals surface area contributed by atoms with Crippen LogP contribution in [0, 0.1) is 5.82 Å². The van der Waals surface area contributed by atoms with Crippen molar-refractivity contribution in [3.05, 3.63) is 65.7 Å². The van der Waals surface area contributed by atoms with Gasteiger partial charge in [-0.2, -0.15) is 4.98 Å². The van der Waals surface area contributed by atoms with E-state index in [1.807, 2.05) is 0 Å². The highest BCUT2D eigenvalue weighted by Gasteiger charge is 2.31. The molecular weight excluding hydrogens is 408 g/mol. The average Bonchev–Trinajstić information content (AvgIpc) is 3.17. The minimum absolute atomic E-state index is 0.163. The quantitative estimate of drug-likeness (QED) is 0.444. The first-order chi connectivity index (χ1) is 14.2. The monoisotopic (exact) mass is 424 g/mol. The first-order valence-corrected chi connectivity index (χ1v) is 8.52. The van der Waals surface area contributed by atoms with Crippen molar-refractivity contribution < 1.29 is 31.8 Å². The number of rotatable bonds is 6. The van der Waals surface area contributed by atoms with Crippen LogP contribution in [0.1, 0.15) is 15.9 Å². The maximum Gasteiger partial charge on any atom is 0.573 e. The fourth-order valence-corrected chi connectivity index (χ4v) is 2.63. The fraction of sp³-hybridized carbons (Fsp3) is 0.211. The Morgan fingerprint density at radius 1 is 1.17 bits per heavy atom. The van der Waals surface area contributed by atoms with Gasteiger partial charge in [-0.15, -0.1) is 18.3 Å². The summed E-state index contributed by atoms with van der Waals surface area (Å²) in [5.41, 5.74) is 0.891. The normalized spacial score (nSPS) is 11.3. The van der Waals surface area contributed by atoms with E-state index in [0.717, 1.165) is 0 Å². The zero-order valence-corrected chi connectivity index (χ0v) is 15.9. The molecule has 0 unspecified atom stereocenters. The first kappa shape index (κ1) is 21.1. The molecule has 0 atom stereocenters. The minimum atomic E-state index is -4.76. The molecule has 0 N–H and O–H groups in total. The van der Waals surface area contributed by atoms with Crippen LogP contribution in [0.3, 0.4) is 0 Å². The van der Waals surface area contributed by atoms with Gasteiger partial charge in [0, 0.05) is 13.6 Å². The van der Waals surface area contributed by atoms with Crippen molar-refractivity contribution in [1.29, 1.82) is 0 Å². The number of anilines is 1. The summed E-state index contributed by atoms with van der Waals surface area (Å²) in [5, 5.41) is 4.26. The van der Waals surface area contributed by atoms with Crippen molar-refractivity contribution in [3.8, 4) is 11.4 Å². The Hall–Kier alpha value is -3.63. The molecule has 158 valence electrons. The Morgan fingerprint density at radius 2 is 1.87 bits per heavy atom. The van der Waals surface area contributed by atoms with E-state index in [0.29, 0.717) is 17.2 Å². The van der Waals surface area contributed by atoms with Crippen LogP contribution in [-0.4, -0.2) is 41.3 Å². The lowest BCUT2D eigenvalue weighted by Gasteiger charge is -2.15. The van der Waals surface area contributed by atoms with Gasteiger partial charge in [0.05, 0.1) is 18.4 Å². The summed E-state index contributed by atoms with van der Waals surface area (Å²) in [6, 6.07) is 9.28. The van der Waals surface area contributed by atoms with Crippen LogP contribution in [0.15, 0.2) is 48.8 Å². The van der Waals surface area contributed by atoms with E-state index < -0.39 is 18.1 Å². The van der Waals surface area contributed by atoms with E-state index in [-0.39, 0.29) is 17.9 Å². The second-order valence-corrected chi connectivity index (χ2v) is 6.19. The standard InChI is InChI=1S/C19H16F4N4O3/c1-26(10-12-3-8-15(16(20)9-12)17(28)29-2)18-24-11-27(25-18)13-4-6-14(7-5-13)30-19(21,22)23/h3-9,11H,10H2,1-2H3. The van der Waals surface area contributed by atoms with Crippen molar-refractivity contribution in [2.75, 3.05) is 19.1 Å². The van der Waals surface area contributed by atoms with Gasteiger partial charge in [0.25, 0.3) is 0 Å². The van der Waals surface area contributed by atoms with Crippen molar-refractivity contribution in [3.63, 3.8) is 0 Å². The molecule has 0 saturated heterocycles. The Morgan fingerprint density at radius 3 is 2.47 bits per heavy atom. The zero-order valence-electron chi connectivity index (χ0n) is 15.9. The summed E-state index contributed by atoms with van der Waals surface area (Å²) in [6.07, 6.45) is -3.37. The van der Waals surface area contributed by atoms with E-state index in [1.54, 1.807) is 18.0 Å². The lowest BCUT2D eigenvalue weighted by molar-refractivity contribution is -0.274. The summed E-state index contributed by atoms with van der Waals surface area (Å²) >= 11 is 0. The molecule has 1 aromatic heterocycles. The van der Waals surface area contributed by atoms with Crippen LogP contribution in [0.2, 0.25) is 0 Å². The average molecular weight is 424 g/mol. The largest absolute Gasteiger partial charge is 0.573 e. The van der Waals surface area contributed by atoms with Crippen LogP contribution in [0.5, 0.6) is 5.75 Å². The van der Waals surface area contributed by atoms with E-state index >= 15 is 0 Å². The maximum atomic E-state index is 14.1. The van der Waals surface area contributed by atoms with Crippen LogP contribution in [-0.2, 0) is 11.3 Å². The Labute approximate surface area is 168 Å². The third-order valence-electron chi connectivity index (χ3n) is 4.01. The highest BCUT2D eigenvalue weighted by atomic mass is 19.4. The van der Waals surface area contributed by atoms with Crippen LogP contribution < -0.4 is 9.64 Å². The van der Waals surface area contributed by atoms with Crippen molar-refractivity contribution >= 4 is 11.9 Å². The fourth-order valence-electron chi connectivity index (χ4n) is 2.63. The van der Waals surface area contributed by atoms with Gasteiger partial charge in [0.15, 0.2) is 0 Å². The second kappa shape index (κ2) is 8.39. The van der Waals surface area contributed by atoms with Crippen molar-refractivity contribution in [2.45, 2.75) is 12.9 Å². The van der Waals surface area contributed by atoms with E-state index in [2.05, 4.69) is 19.6 Å². The lowest BCUT2D eigenvalue weighted by Crippen LogP contribution is -2.18. The number of methoxy groups -OCH3 is 1. The lowest BCUT2D eigenvalue weighted by atomic mass is 10.1. The minimum Gasteiger partial charge on any atom is -0.465 e. The summed E-state index contributed by atoms with van der Waals surface area (Å²) in [7, 11) is 2.86. The predicted octanol–water partition coefficient (Wildman–Crippen LogP) is 3.73. The zero-order chi connectivity index (χ0) is 21.9. The third-order valence-corrected chi connectivity index (χ3v) is 4.01. The smallest absolute Gasteiger partial charge is 0.465 e. The molecule has 3 rings (SSSR count). The van der Waals surface area contributed by atoms with Gasteiger partial charge in [0.1, 0.15) is 17.9 Å². The molecule has 0 aliphatic carbocycles. The van der Waals surface area contributed by atoms with Gasteiger partial charge in [-0.3, -0.25) is 0 Å². The summed E-state index contributed by atoms with van der Waals surface area (Å²) in [6.45, 7) is 0.251. The molecular formula is C19H16F4N4O3. The first-order valence-electron chi connectivity index (χ1n) is 8.52. The number of nitrogens with zero attached hydrogens (tertiary/aromatic N) is 4. The summed E-state index contributed by atoms with van der Waals surface area (Å²) < 4.78 is 60.5. The molecule has 0 spiro atoms. The summed E-state index contributed by atoms with van der Waals surface area (Å²) in [5.74, 6) is -1.50.